The molecule has 1 rings (SSSR count). The van der Waals surface area contributed by atoms with Gasteiger partial charge < -0.3 is 5.73 Å². The fourth-order valence-electron chi connectivity index (χ4n) is 2.86. The Morgan fingerprint density at radius 1 is 1.47 bits per heavy atom. The van der Waals surface area contributed by atoms with Crippen molar-refractivity contribution in [2.24, 2.45) is 11.7 Å². The normalized spacial score (nSPS) is 29.1. The lowest BCUT2D eigenvalue weighted by atomic mass is 9.83. The molecule has 0 aromatic rings. The molecule has 0 bridgehead atoms. The van der Waals surface area contributed by atoms with Gasteiger partial charge in [0.15, 0.2) is 0 Å². The van der Waals surface area contributed by atoms with Crippen molar-refractivity contribution in [1.29, 1.82) is 0 Å². The van der Waals surface area contributed by atoms with E-state index in [0.717, 1.165) is 13.1 Å². The van der Waals surface area contributed by atoms with Crippen molar-refractivity contribution in [2.45, 2.75) is 51.6 Å². The van der Waals surface area contributed by atoms with Gasteiger partial charge in [-0.15, -0.1) is 6.58 Å². The second kappa shape index (κ2) is 6.29. The van der Waals surface area contributed by atoms with Gasteiger partial charge in [0.1, 0.15) is 0 Å². The van der Waals surface area contributed by atoms with Crippen LogP contribution in [0.15, 0.2) is 12.7 Å². The van der Waals surface area contributed by atoms with Gasteiger partial charge in [0.2, 0.25) is 0 Å². The summed E-state index contributed by atoms with van der Waals surface area (Å²) in [5.74, 6) is 0.695. The molecule has 2 heteroatoms. The molecule has 15 heavy (non-hydrogen) atoms. The number of hydrogen-bond acceptors (Lipinski definition) is 2. The fraction of sp³-hybridized carbons (Fsp3) is 0.846. The highest BCUT2D eigenvalue weighted by Crippen LogP contribution is 2.29. The van der Waals surface area contributed by atoms with Crippen LogP contribution in [0.4, 0.5) is 0 Å². The molecule has 0 aliphatic heterocycles. The third-order valence-corrected chi connectivity index (χ3v) is 3.83. The first-order valence-corrected chi connectivity index (χ1v) is 6.32. The molecule has 3 atom stereocenters. The Hall–Kier alpha value is -0.340. The molecule has 0 saturated heterocycles. The van der Waals surface area contributed by atoms with Crippen LogP contribution in [0.25, 0.3) is 0 Å². The number of nitrogens with two attached hydrogens (primary N) is 1. The minimum atomic E-state index is 0.479. The molecule has 3 unspecified atom stereocenters. The lowest BCUT2D eigenvalue weighted by molar-refractivity contribution is 0.0940. The van der Waals surface area contributed by atoms with E-state index < -0.39 is 0 Å². The zero-order valence-corrected chi connectivity index (χ0v) is 10.3. The molecule has 2 N–H and O–H groups in total. The monoisotopic (exact) mass is 210 g/mol. The summed E-state index contributed by atoms with van der Waals surface area (Å²) in [6.45, 7) is 10.3. The maximum Gasteiger partial charge on any atom is 0.0250 e. The van der Waals surface area contributed by atoms with Gasteiger partial charge in [-0.3, -0.25) is 4.90 Å². The average molecular weight is 210 g/mol. The van der Waals surface area contributed by atoms with E-state index in [9.17, 15) is 0 Å². The molecular formula is C13H26N2. The summed E-state index contributed by atoms with van der Waals surface area (Å²) in [7, 11) is 0. The molecule has 1 aliphatic rings. The Morgan fingerprint density at radius 3 is 2.67 bits per heavy atom. The summed E-state index contributed by atoms with van der Waals surface area (Å²) in [5, 5.41) is 0. The maximum absolute atomic E-state index is 5.88. The van der Waals surface area contributed by atoms with Crippen molar-refractivity contribution >= 4 is 0 Å². The van der Waals surface area contributed by atoms with Crippen molar-refractivity contribution in [2.75, 3.05) is 13.1 Å². The Kier molecular flexibility index (Phi) is 5.34. The van der Waals surface area contributed by atoms with Gasteiger partial charge in [0, 0.05) is 12.1 Å². The lowest BCUT2D eigenvalue weighted by Crippen LogP contribution is -2.48. The van der Waals surface area contributed by atoms with Gasteiger partial charge >= 0.3 is 0 Å². The highest BCUT2D eigenvalue weighted by Gasteiger charge is 2.29. The second-order valence-electron chi connectivity index (χ2n) is 4.65. The highest BCUT2D eigenvalue weighted by molar-refractivity contribution is 4.91. The topological polar surface area (TPSA) is 29.3 Å². The van der Waals surface area contributed by atoms with Crippen LogP contribution >= 0.6 is 0 Å². The van der Waals surface area contributed by atoms with Gasteiger partial charge in [0.25, 0.3) is 0 Å². The SMILES string of the molecule is C=CC(C)N(CC)C1CCCCC1CN. The summed E-state index contributed by atoms with van der Waals surface area (Å²) in [5.41, 5.74) is 5.88. The van der Waals surface area contributed by atoms with Gasteiger partial charge in [-0.2, -0.15) is 0 Å². The molecule has 2 nitrogen and oxygen atoms in total. The first kappa shape index (κ1) is 12.7. The van der Waals surface area contributed by atoms with E-state index in [1.54, 1.807) is 0 Å². The Balaban J connectivity index is 2.66. The number of hydrogen-bond donors (Lipinski definition) is 1. The van der Waals surface area contributed by atoms with Gasteiger partial charge in [-0.1, -0.05) is 25.8 Å². The first-order valence-electron chi connectivity index (χ1n) is 6.32. The van der Waals surface area contributed by atoms with Crippen LogP contribution < -0.4 is 5.73 Å². The highest BCUT2D eigenvalue weighted by atomic mass is 15.2. The van der Waals surface area contributed by atoms with Crippen molar-refractivity contribution in [3.63, 3.8) is 0 Å². The molecule has 0 aromatic carbocycles. The van der Waals surface area contributed by atoms with E-state index >= 15 is 0 Å². The number of rotatable bonds is 5. The zero-order valence-electron chi connectivity index (χ0n) is 10.3. The summed E-state index contributed by atoms with van der Waals surface area (Å²) in [6.07, 6.45) is 7.39. The van der Waals surface area contributed by atoms with Crippen molar-refractivity contribution < 1.29 is 0 Å². The smallest absolute Gasteiger partial charge is 0.0250 e. The van der Waals surface area contributed by atoms with Crippen molar-refractivity contribution in [1.82, 2.24) is 4.90 Å². The molecule has 0 aromatic heterocycles. The van der Waals surface area contributed by atoms with Crippen LogP contribution in [0.1, 0.15) is 39.5 Å². The van der Waals surface area contributed by atoms with Crippen LogP contribution in [0.2, 0.25) is 0 Å². The molecule has 0 amide bonds. The van der Waals surface area contributed by atoms with Crippen molar-refractivity contribution in [3.8, 4) is 0 Å². The average Bonchev–Trinajstić information content (AvgIpc) is 2.30. The first-order chi connectivity index (χ1) is 7.24. The summed E-state index contributed by atoms with van der Waals surface area (Å²) >= 11 is 0. The molecule has 0 spiro atoms. The standard InChI is InChI=1S/C13H26N2/c1-4-11(3)15(5-2)13-9-7-6-8-12(13)10-14/h4,11-13H,1,5-10,14H2,2-3H3. The van der Waals surface area contributed by atoms with E-state index in [-0.39, 0.29) is 0 Å². The maximum atomic E-state index is 5.88. The van der Waals surface area contributed by atoms with E-state index in [1.807, 2.05) is 6.08 Å². The summed E-state index contributed by atoms with van der Waals surface area (Å²) in [4.78, 5) is 2.56. The quantitative estimate of drug-likeness (QED) is 0.706. The summed E-state index contributed by atoms with van der Waals surface area (Å²) < 4.78 is 0. The second-order valence-corrected chi connectivity index (χ2v) is 4.65. The molecule has 88 valence electrons. The molecule has 0 radical (unpaired) electrons. The molecule has 1 saturated carbocycles. The zero-order chi connectivity index (χ0) is 11.3. The third kappa shape index (κ3) is 3.05. The van der Waals surface area contributed by atoms with E-state index in [4.69, 9.17) is 5.73 Å². The van der Waals surface area contributed by atoms with E-state index in [2.05, 4.69) is 25.3 Å². The Morgan fingerprint density at radius 2 is 2.13 bits per heavy atom. The number of nitrogens with zero attached hydrogens (tertiary/aromatic N) is 1. The molecule has 0 heterocycles. The number of likely N-dealkylation sites (N-methyl/N-ethyl adjacent to an activating group) is 1. The van der Waals surface area contributed by atoms with Gasteiger partial charge in [0.05, 0.1) is 0 Å². The van der Waals surface area contributed by atoms with E-state index in [0.29, 0.717) is 18.0 Å². The Bertz CT molecular complexity index is 191. The summed E-state index contributed by atoms with van der Waals surface area (Å²) in [6, 6.07) is 1.16. The minimum absolute atomic E-state index is 0.479. The van der Waals surface area contributed by atoms with Crippen LogP contribution in [0.3, 0.4) is 0 Å². The Labute approximate surface area is 94.5 Å². The molecule has 1 fully saturated rings. The van der Waals surface area contributed by atoms with Gasteiger partial charge in [-0.25, -0.2) is 0 Å². The largest absolute Gasteiger partial charge is 0.330 e. The molecular weight excluding hydrogens is 184 g/mol. The predicted octanol–water partition coefficient (Wildman–Crippen LogP) is 2.40. The van der Waals surface area contributed by atoms with Crippen LogP contribution in [0, 0.1) is 5.92 Å². The lowest BCUT2D eigenvalue weighted by Gasteiger charge is -2.41. The van der Waals surface area contributed by atoms with Gasteiger partial charge in [-0.05, 0) is 38.8 Å². The molecule has 1 aliphatic carbocycles. The minimum Gasteiger partial charge on any atom is -0.330 e. The van der Waals surface area contributed by atoms with Crippen LogP contribution in [-0.4, -0.2) is 30.1 Å². The van der Waals surface area contributed by atoms with Crippen LogP contribution in [-0.2, 0) is 0 Å². The predicted molar refractivity (Wildman–Crippen MR) is 66.8 cm³/mol. The third-order valence-electron chi connectivity index (χ3n) is 3.83. The van der Waals surface area contributed by atoms with E-state index in [1.165, 1.54) is 25.7 Å². The fourth-order valence-corrected chi connectivity index (χ4v) is 2.86. The van der Waals surface area contributed by atoms with Crippen molar-refractivity contribution in [3.05, 3.63) is 12.7 Å². The van der Waals surface area contributed by atoms with Crippen LogP contribution in [0.5, 0.6) is 0 Å².